The van der Waals surface area contributed by atoms with Crippen molar-refractivity contribution >= 4 is 31.9 Å². The topological polar surface area (TPSA) is 0 Å². The molecule has 0 saturated carbocycles. The average molecular weight is 282 g/mol. The lowest BCUT2D eigenvalue weighted by Crippen LogP contribution is -1.90. The highest BCUT2D eigenvalue weighted by molar-refractivity contribution is 9.10. The smallest absolute Gasteiger partial charge is 0.131 e. The van der Waals surface area contributed by atoms with E-state index in [1.54, 1.807) is 13.0 Å². The van der Waals surface area contributed by atoms with E-state index >= 15 is 0 Å². The number of alkyl halides is 1. The third-order valence-corrected chi connectivity index (χ3v) is 2.82. The molecule has 0 aromatic heterocycles. The van der Waals surface area contributed by atoms with Crippen molar-refractivity contribution in [2.45, 2.75) is 12.3 Å². The summed E-state index contributed by atoms with van der Waals surface area (Å²) in [6, 6.07) is 3.61. The largest absolute Gasteiger partial charge is 0.206 e. The molecule has 0 bridgehead atoms. The molecular weight excluding hydrogens is 275 g/mol. The minimum atomic E-state index is -0.128. The molecule has 0 radical (unpaired) electrons. The highest BCUT2D eigenvalue weighted by Crippen LogP contribution is 2.24. The Bertz CT molecular complexity index is 271. The average Bonchev–Trinajstić information content (AvgIpc) is 1.99. The van der Waals surface area contributed by atoms with Gasteiger partial charge in [-0.15, -0.1) is 0 Å². The second kappa shape index (κ2) is 3.68. The van der Waals surface area contributed by atoms with Crippen LogP contribution in [0.25, 0.3) is 0 Å². The van der Waals surface area contributed by atoms with Gasteiger partial charge in [0, 0.05) is 15.4 Å². The lowest BCUT2D eigenvalue weighted by molar-refractivity contribution is 0.607. The van der Waals surface area contributed by atoms with Crippen LogP contribution in [0.1, 0.15) is 11.1 Å². The highest BCUT2D eigenvalue weighted by atomic mass is 79.9. The lowest BCUT2D eigenvalue weighted by atomic mass is 10.1. The van der Waals surface area contributed by atoms with Crippen LogP contribution in [-0.2, 0) is 5.33 Å². The first-order valence-electron chi connectivity index (χ1n) is 3.16. The molecule has 0 aliphatic heterocycles. The molecule has 0 amide bonds. The van der Waals surface area contributed by atoms with Gasteiger partial charge in [0.15, 0.2) is 0 Å². The first kappa shape index (κ1) is 9.20. The third-order valence-electron chi connectivity index (χ3n) is 1.51. The normalized spacial score (nSPS) is 10.2. The number of rotatable bonds is 1. The van der Waals surface area contributed by atoms with Crippen molar-refractivity contribution in [3.05, 3.63) is 33.5 Å². The van der Waals surface area contributed by atoms with Crippen molar-refractivity contribution in [3.63, 3.8) is 0 Å². The summed E-state index contributed by atoms with van der Waals surface area (Å²) in [7, 11) is 0. The van der Waals surface area contributed by atoms with Crippen molar-refractivity contribution in [3.8, 4) is 0 Å². The van der Waals surface area contributed by atoms with Crippen LogP contribution >= 0.6 is 31.9 Å². The summed E-state index contributed by atoms with van der Waals surface area (Å²) in [6.45, 7) is 1.76. The molecule has 1 aromatic carbocycles. The first-order valence-corrected chi connectivity index (χ1v) is 5.07. The van der Waals surface area contributed by atoms with E-state index in [0.717, 1.165) is 4.47 Å². The minimum absolute atomic E-state index is 0.128. The standard InChI is InChI=1S/C8H7Br2F/c1-5-2-3-7(10)6(4-9)8(5)11/h2-3H,4H2,1H3. The summed E-state index contributed by atoms with van der Waals surface area (Å²) < 4.78 is 14.0. The summed E-state index contributed by atoms with van der Waals surface area (Å²) in [4.78, 5) is 0. The highest BCUT2D eigenvalue weighted by Gasteiger charge is 2.06. The SMILES string of the molecule is Cc1ccc(Br)c(CBr)c1F. The molecule has 0 heterocycles. The van der Waals surface area contributed by atoms with Crippen molar-refractivity contribution < 1.29 is 4.39 Å². The van der Waals surface area contributed by atoms with E-state index in [9.17, 15) is 4.39 Å². The van der Waals surface area contributed by atoms with Crippen LogP contribution in [0.3, 0.4) is 0 Å². The molecule has 0 nitrogen and oxygen atoms in total. The molecule has 0 spiro atoms. The lowest BCUT2D eigenvalue weighted by Gasteiger charge is -2.03. The van der Waals surface area contributed by atoms with Crippen molar-refractivity contribution in [2.75, 3.05) is 0 Å². The van der Waals surface area contributed by atoms with Crippen LogP contribution in [0.5, 0.6) is 0 Å². The van der Waals surface area contributed by atoms with Gasteiger partial charge >= 0.3 is 0 Å². The Morgan fingerprint density at radius 3 is 2.55 bits per heavy atom. The number of hydrogen-bond donors (Lipinski definition) is 0. The van der Waals surface area contributed by atoms with Gasteiger partial charge in [-0.3, -0.25) is 0 Å². The number of hydrogen-bond acceptors (Lipinski definition) is 0. The molecule has 1 rings (SSSR count). The zero-order chi connectivity index (χ0) is 8.43. The van der Waals surface area contributed by atoms with Gasteiger partial charge in [0.25, 0.3) is 0 Å². The molecule has 0 aliphatic carbocycles. The molecule has 0 N–H and O–H groups in total. The quantitative estimate of drug-likeness (QED) is 0.687. The van der Waals surface area contributed by atoms with Gasteiger partial charge in [-0.25, -0.2) is 4.39 Å². The van der Waals surface area contributed by atoms with Crippen LogP contribution in [0, 0.1) is 12.7 Å². The predicted octanol–water partition coefficient (Wildman–Crippen LogP) is 3.79. The monoisotopic (exact) mass is 280 g/mol. The summed E-state index contributed by atoms with van der Waals surface area (Å²) >= 11 is 6.49. The summed E-state index contributed by atoms with van der Waals surface area (Å²) in [5.41, 5.74) is 1.37. The van der Waals surface area contributed by atoms with Crippen LogP contribution in [-0.4, -0.2) is 0 Å². The summed E-state index contributed by atoms with van der Waals surface area (Å²) in [5.74, 6) is -0.128. The maximum absolute atomic E-state index is 13.2. The zero-order valence-corrected chi connectivity index (χ0v) is 9.17. The van der Waals surface area contributed by atoms with Crippen LogP contribution in [0.4, 0.5) is 4.39 Å². The second-order valence-corrected chi connectivity index (χ2v) is 3.71. The zero-order valence-electron chi connectivity index (χ0n) is 6.00. The van der Waals surface area contributed by atoms with Gasteiger partial charge in [-0.05, 0) is 18.6 Å². The number of benzene rings is 1. The van der Waals surface area contributed by atoms with Gasteiger partial charge < -0.3 is 0 Å². The van der Waals surface area contributed by atoms with E-state index < -0.39 is 0 Å². The van der Waals surface area contributed by atoms with E-state index in [-0.39, 0.29) is 5.82 Å². The molecule has 3 heteroatoms. The van der Waals surface area contributed by atoms with Crippen LogP contribution < -0.4 is 0 Å². The van der Waals surface area contributed by atoms with E-state index in [1.807, 2.05) is 6.07 Å². The van der Waals surface area contributed by atoms with Gasteiger partial charge in [-0.1, -0.05) is 37.9 Å². The molecule has 0 unspecified atom stereocenters. The fraction of sp³-hybridized carbons (Fsp3) is 0.250. The van der Waals surface area contributed by atoms with E-state index in [1.165, 1.54) is 0 Å². The Balaban J connectivity index is 3.29. The van der Waals surface area contributed by atoms with Crippen LogP contribution in [0.2, 0.25) is 0 Å². The molecular formula is C8H7Br2F. The van der Waals surface area contributed by atoms with Crippen molar-refractivity contribution in [1.82, 2.24) is 0 Å². The van der Waals surface area contributed by atoms with Gasteiger partial charge in [-0.2, -0.15) is 0 Å². The Hall–Kier alpha value is 0.110. The van der Waals surface area contributed by atoms with Gasteiger partial charge in [0.2, 0.25) is 0 Å². The van der Waals surface area contributed by atoms with E-state index in [0.29, 0.717) is 16.5 Å². The molecule has 11 heavy (non-hydrogen) atoms. The Labute approximate surface area is 82.1 Å². The van der Waals surface area contributed by atoms with Crippen LogP contribution in [0.15, 0.2) is 16.6 Å². The Morgan fingerprint density at radius 1 is 1.45 bits per heavy atom. The van der Waals surface area contributed by atoms with E-state index in [2.05, 4.69) is 31.9 Å². The van der Waals surface area contributed by atoms with E-state index in [4.69, 9.17) is 0 Å². The molecule has 0 aliphatic rings. The molecule has 1 aromatic rings. The maximum atomic E-state index is 13.2. The second-order valence-electron chi connectivity index (χ2n) is 2.29. The first-order chi connectivity index (χ1) is 5.16. The molecule has 0 fully saturated rings. The predicted molar refractivity (Wildman–Crippen MR) is 51.5 cm³/mol. The minimum Gasteiger partial charge on any atom is -0.206 e. The molecule has 0 atom stereocenters. The third kappa shape index (κ3) is 1.82. The fourth-order valence-corrected chi connectivity index (χ4v) is 2.21. The number of halogens is 3. The van der Waals surface area contributed by atoms with Crippen molar-refractivity contribution in [1.29, 1.82) is 0 Å². The van der Waals surface area contributed by atoms with Gasteiger partial charge in [0.05, 0.1) is 0 Å². The fourth-order valence-electron chi connectivity index (χ4n) is 0.837. The molecule has 0 saturated heterocycles. The van der Waals surface area contributed by atoms with Crippen molar-refractivity contribution in [2.24, 2.45) is 0 Å². The summed E-state index contributed by atoms with van der Waals surface area (Å²) in [5, 5.41) is 0.543. The maximum Gasteiger partial charge on any atom is 0.131 e. The molecule has 60 valence electrons. The number of aryl methyl sites for hydroxylation is 1. The Kier molecular flexibility index (Phi) is 3.07. The van der Waals surface area contributed by atoms with Gasteiger partial charge in [0.1, 0.15) is 5.82 Å². The Morgan fingerprint density at radius 2 is 2.09 bits per heavy atom. The summed E-state index contributed by atoms with van der Waals surface area (Å²) in [6.07, 6.45) is 0.